The molecule has 1 aromatic heterocycles. The Morgan fingerprint density at radius 1 is 1.06 bits per heavy atom. The van der Waals surface area contributed by atoms with Crippen molar-refractivity contribution in [3.8, 4) is 5.75 Å². The molecule has 32 heavy (non-hydrogen) atoms. The Labute approximate surface area is 181 Å². The number of nitrogens with two attached hydrogens (primary N) is 1. The zero-order chi connectivity index (χ0) is 23.5. The molecule has 0 amide bonds. The Morgan fingerprint density at radius 3 is 2.44 bits per heavy atom. The second kappa shape index (κ2) is 8.88. The molecule has 0 spiro atoms. The summed E-state index contributed by atoms with van der Waals surface area (Å²) in [6.45, 7) is 0. The number of primary sulfonamides is 1. The van der Waals surface area contributed by atoms with Crippen molar-refractivity contribution in [3.05, 3.63) is 54.2 Å². The summed E-state index contributed by atoms with van der Waals surface area (Å²) in [5.41, 5.74) is -0.712. The lowest BCUT2D eigenvalue weighted by molar-refractivity contribution is -0.136. The van der Waals surface area contributed by atoms with Crippen molar-refractivity contribution in [1.29, 1.82) is 0 Å². The standard InChI is InChI=1S/C19H19F3N6O3S/c1-24-13-7-6-11(10-12(13)19(20,21)22)26-18-25-9-8-16(28-18)27-14-4-3-5-15(31-2)17(14)32(23,29)30/h3-10,24H,1-2H3,(H2,23,29,30)(H2,25,26,27,28). The van der Waals surface area contributed by atoms with Crippen molar-refractivity contribution in [2.24, 2.45) is 5.14 Å². The molecule has 0 saturated heterocycles. The van der Waals surface area contributed by atoms with E-state index < -0.39 is 21.8 Å². The molecule has 0 aliphatic carbocycles. The molecule has 0 unspecified atom stereocenters. The minimum atomic E-state index is -4.56. The van der Waals surface area contributed by atoms with Crippen LogP contribution in [-0.2, 0) is 16.2 Å². The normalized spacial score (nSPS) is 11.7. The fourth-order valence-corrected chi connectivity index (χ4v) is 3.76. The van der Waals surface area contributed by atoms with Gasteiger partial charge in [-0.15, -0.1) is 0 Å². The van der Waals surface area contributed by atoms with Crippen molar-refractivity contribution < 1.29 is 26.3 Å². The van der Waals surface area contributed by atoms with Gasteiger partial charge in [0.05, 0.1) is 18.4 Å². The number of anilines is 5. The molecule has 0 radical (unpaired) electrons. The fraction of sp³-hybridized carbons (Fsp3) is 0.158. The summed E-state index contributed by atoms with van der Waals surface area (Å²) < 4.78 is 68.9. The smallest absolute Gasteiger partial charge is 0.418 e. The molecule has 3 aromatic rings. The van der Waals surface area contributed by atoms with Gasteiger partial charge >= 0.3 is 6.18 Å². The minimum Gasteiger partial charge on any atom is -0.495 e. The van der Waals surface area contributed by atoms with E-state index in [1.54, 1.807) is 6.07 Å². The Bertz CT molecular complexity index is 1240. The molecule has 1 heterocycles. The molecule has 0 bridgehead atoms. The van der Waals surface area contributed by atoms with Crippen LogP contribution in [0, 0.1) is 0 Å². The van der Waals surface area contributed by atoms with Gasteiger partial charge in [-0.1, -0.05) is 6.07 Å². The van der Waals surface area contributed by atoms with Crippen molar-refractivity contribution in [3.63, 3.8) is 0 Å². The average Bonchev–Trinajstić information content (AvgIpc) is 2.72. The third-order valence-electron chi connectivity index (χ3n) is 4.25. The topological polar surface area (TPSA) is 131 Å². The lowest BCUT2D eigenvalue weighted by atomic mass is 10.1. The number of hydrogen-bond acceptors (Lipinski definition) is 8. The maximum Gasteiger partial charge on any atom is 0.418 e. The van der Waals surface area contributed by atoms with Gasteiger partial charge in [-0.2, -0.15) is 18.2 Å². The Morgan fingerprint density at radius 2 is 1.81 bits per heavy atom. The number of nitrogens with zero attached hydrogens (tertiary/aromatic N) is 2. The van der Waals surface area contributed by atoms with Crippen LogP contribution >= 0.6 is 0 Å². The lowest BCUT2D eigenvalue weighted by Crippen LogP contribution is -2.15. The van der Waals surface area contributed by atoms with Crippen LogP contribution in [0.1, 0.15) is 5.56 Å². The molecule has 0 saturated carbocycles. The second-order valence-corrected chi connectivity index (χ2v) is 7.90. The first kappa shape index (κ1) is 23.1. The molecule has 5 N–H and O–H groups in total. The Hall–Kier alpha value is -3.58. The van der Waals surface area contributed by atoms with Crippen LogP contribution in [0.2, 0.25) is 0 Å². The molecule has 0 aliphatic heterocycles. The molecule has 13 heteroatoms. The second-order valence-electron chi connectivity index (χ2n) is 6.41. The van der Waals surface area contributed by atoms with Crippen LogP contribution in [0.15, 0.2) is 53.6 Å². The molecule has 0 atom stereocenters. The number of methoxy groups -OCH3 is 1. The van der Waals surface area contributed by atoms with Crippen LogP contribution in [0.25, 0.3) is 0 Å². The largest absolute Gasteiger partial charge is 0.495 e. The van der Waals surface area contributed by atoms with Gasteiger partial charge in [0.1, 0.15) is 16.5 Å². The molecular weight excluding hydrogens is 449 g/mol. The van der Waals surface area contributed by atoms with Gasteiger partial charge in [0.2, 0.25) is 16.0 Å². The lowest BCUT2D eigenvalue weighted by Gasteiger charge is -2.15. The highest BCUT2D eigenvalue weighted by molar-refractivity contribution is 7.89. The molecule has 170 valence electrons. The van der Waals surface area contributed by atoms with E-state index in [1.807, 2.05) is 0 Å². The van der Waals surface area contributed by atoms with Crippen LogP contribution < -0.4 is 25.8 Å². The number of halogens is 3. The highest BCUT2D eigenvalue weighted by Gasteiger charge is 2.33. The summed E-state index contributed by atoms with van der Waals surface area (Å²) in [7, 11) is -1.45. The number of alkyl halides is 3. The van der Waals surface area contributed by atoms with Crippen LogP contribution in [0.3, 0.4) is 0 Å². The van der Waals surface area contributed by atoms with Gasteiger partial charge in [-0.3, -0.25) is 0 Å². The fourth-order valence-electron chi connectivity index (χ4n) is 2.90. The quantitative estimate of drug-likeness (QED) is 0.413. The van der Waals surface area contributed by atoms with Crippen molar-refractivity contribution in [2.45, 2.75) is 11.1 Å². The predicted octanol–water partition coefficient (Wildman–Crippen LogP) is 3.68. The van der Waals surface area contributed by atoms with Crippen LogP contribution in [-0.4, -0.2) is 32.5 Å². The summed E-state index contributed by atoms with van der Waals surface area (Å²) in [6.07, 6.45) is -3.21. The van der Waals surface area contributed by atoms with E-state index in [-0.39, 0.29) is 39.5 Å². The summed E-state index contributed by atoms with van der Waals surface area (Å²) in [4.78, 5) is 7.89. The maximum atomic E-state index is 13.3. The first-order valence-corrected chi connectivity index (χ1v) is 10.5. The monoisotopic (exact) mass is 468 g/mol. The van der Waals surface area contributed by atoms with Gasteiger partial charge < -0.3 is 20.7 Å². The predicted molar refractivity (Wildman–Crippen MR) is 114 cm³/mol. The van der Waals surface area contributed by atoms with Crippen molar-refractivity contribution >= 4 is 38.9 Å². The van der Waals surface area contributed by atoms with Crippen molar-refractivity contribution in [1.82, 2.24) is 9.97 Å². The van der Waals surface area contributed by atoms with Gasteiger partial charge in [-0.25, -0.2) is 18.5 Å². The molecular formula is C19H19F3N6O3S. The third kappa shape index (κ3) is 5.18. The Balaban J connectivity index is 1.92. The van der Waals surface area contributed by atoms with Crippen LogP contribution in [0.4, 0.5) is 42.0 Å². The molecule has 9 nitrogen and oxygen atoms in total. The number of ether oxygens (including phenoxy) is 1. The zero-order valence-electron chi connectivity index (χ0n) is 16.9. The third-order valence-corrected chi connectivity index (χ3v) is 5.24. The number of benzene rings is 2. The molecule has 2 aromatic carbocycles. The molecule has 0 aliphatic rings. The number of hydrogen-bond donors (Lipinski definition) is 4. The number of rotatable bonds is 7. The highest BCUT2D eigenvalue weighted by Crippen LogP contribution is 2.37. The molecule has 3 rings (SSSR count). The van der Waals surface area contributed by atoms with E-state index in [4.69, 9.17) is 9.88 Å². The van der Waals surface area contributed by atoms with Crippen LogP contribution in [0.5, 0.6) is 5.75 Å². The van der Waals surface area contributed by atoms with E-state index in [0.717, 1.165) is 6.07 Å². The Kier molecular flexibility index (Phi) is 6.41. The number of aromatic nitrogens is 2. The maximum absolute atomic E-state index is 13.3. The van der Waals surface area contributed by atoms with E-state index in [2.05, 4.69) is 25.9 Å². The van der Waals surface area contributed by atoms with E-state index >= 15 is 0 Å². The number of nitrogens with one attached hydrogen (secondary N) is 3. The highest BCUT2D eigenvalue weighted by atomic mass is 32.2. The van der Waals surface area contributed by atoms with E-state index in [1.165, 1.54) is 50.7 Å². The molecule has 0 fully saturated rings. The van der Waals surface area contributed by atoms with E-state index in [9.17, 15) is 21.6 Å². The van der Waals surface area contributed by atoms with Gasteiger partial charge in [0.25, 0.3) is 0 Å². The minimum absolute atomic E-state index is 0.0135. The zero-order valence-corrected chi connectivity index (χ0v) is 17.7. The number of sulfonamides is 1. The first-order valence-electron chi connectivity index (χ1n) is 8.99. The summed E-state index contributed by atoms with van der Waals surface area (Å²) in [5, 5.41) is 13.3. The SMILES string of the molecule is CNc1ccc(Nc2nccc(Nc3cccc(OC)c3S(N)(=O)=O)n2)cc1C(F)(F)F. The van der Waals surface area contributed by atoms with Crippen molar-refractivity contribution in [2.75, 3.05) is 30.1 Å². The van der Waals surface area contributed by atoms with E-state index in [0.29, 0.717) is 0 Å². The summed E-state index contributed by atoms with van der Waals surface area (Å²) >= 11 is 0. The van der Waals surface area contributed by atoms with Gasteiger partial charge in [0.15, 0.2) is 0 Å². The average molecular weight is 468 g/mol. The van der Waals surface area contributed by atoms with Gasteiger partial charge in [-0.05, 0) is 36.4 Å². The summed E-state index contributed by atoms with van der Waals surface area (Å²) in [6, 6.07) is 9.54. The summed E-state index contributed by atoms with van der Waals surface area (Å²) in [5.74, 6) is 0.193. The first-order chi connectivity index (χ1) is 15.0. The van der Waals surface area contributed by atoms with Gasteiger partial charge in [0, 0.05) is 24.6 Å².